The molecule has 2 heterocycles. The lowest BCUT2D eigenvalue weighted by Gasteiger charge is -2.63. The summed E-state index contributed by atoms with van der Waals surface area (Å²) in [5.74, 6) is 0.560. The molecule has 7 nitrogen and oxygen atoms in total. The first kappa shape index (κ1) is 26.8. The second-order valence-electron chi connectivity index (χ2n) is 12.0. The van der Waals surface area contributed by atoms with Gasteiger partial charge in [0.1, 0.15) is 17.9 Å². The highest BCUT2D eigenvalue weighted by Gasteiger charge is 2.64. The summed E-state index contributed by atoms with van der Waals surface area (Å²) in [4.78, 5) is 18.3. The van der Waals surface area contributed by atoms with Crippen LogP contribution in [0.5, 0.6) is 5.75 Å². The van der Waals surface area contributed by atoms with Gasteiger partial charge in [-0.15, -0.1) is 0 Å². The van der Waals surface area contributed by atoms with Gasteiger partial charge in [0.25, 0.3) is 5.91 Å². The van der Waals surface area contributed by atoms with E-state index in [1.807, 2.05) is 12.1 Å². The Kier molecular flexibility index (Phi) is 7.34. The Labute approximate surface area is 231 Å². The highest BCUT2D eigenvalue weighted by Crippen LogP contribution is 2.55. The minimum Gasteiger partial charge on any atom is -0.489 e. The molecule has 2 aromatic carbocycles. The Bertz CT molecular complexity index is 1200. The molecule has 3 fully saturated rings. The molecule has 0 bridgehead atoms. The van der Waals surface area contributed by atoms with Crippen LogP contribution in [0.2, 0.25) is 5.02 Å². The summed E-state index contributed by atoms with van der Waals surface area (Å²) in [6.45, 7) is 15.0. The Balaban J connectivity index is 1.20. The number of nitriles is 1. The maximum Gasteiger partial charge on any atom is 0.251 e. The largest absolute Gasteiger partial charge is 0.489 e. The number of nitrogens with one attached hydrogen (secondary N) is 2. The number of hydrogen-bond donors (Lipinski definition) is 2. The number of nitrogens with zero attached hydrogens (tertiary/aromatic N) is 3. The third-order valence-corrected chi connectivity index (χ3v) is 9.07. The Morgan fingerprint density at radius 1 is 1.08 bits per heavy atom. The molecule has 0 aromatic heterocycles. The highest BCUT2D eigenvalue weighted by molar-refractivity contribution is 6.31. The number of carbonyl (C=O) groups is 1. The molecule has 1 aliphatic carbocycles. The molecule has 8 heteroatoms. The van der Waals surface area contributed by atoms with Crippen molar-refractivity contribution < 1.29 is 9.53 Å². The van der Waals surface area contributed by atoms with Crippen LogP contribution in [0.3, 0.4) is 0 Å². The first-order chi connectivity index (χ1) is 18.1. The van der Waals surface area contributed by atoms with Gasteiger partial charge in [0, 0.05) is 79.5 Å². The minimum absolute atomic E-state index is 0.0670. The molecule has 38 heavy (non-hydrogen) atoms. The molecule has 0 spiro atoms. The van der Waals surface area contributed by atoms with Crippen molar-refractivity contribution >= 4 is 23.2 Å². The zero-order chi connectivity index (χ0) is 27.1. The number of carbonyl (C=O) groups excluding carboxylic acids is 1. The minimum atomic E-state index is -0.298. The van der Waals surface area contributed by atoms with Crippen molar-refractivity contribution in [2.75, 3.05) is 44.2 Å². The van der Waals surface area contributed by atoms with E-state index in [4.69, 9.17) is 21.6 Å². The molecular formula is C30H38ClN5O2. The zero-order valence-electron chi connectivity index (χ0n) is 22.8. The number of benzene rings is 2. The van der Waals surface area contributed by atoms with Gasteiger partial charge in [-0.05, 0) is 42.8 Å². The van der Waals surface area contributed by atoms with Gasteiger partial charge < -0.3 is 20.3 Å². The molecule has 2 aliphatic heterocycles. The van der Waals surface area contributed by atoms with E-state index >= 15 is 0 Å². The molecule has 202 valence electrons. The van der Waals surface area contributed by atoms with E-state index in [9.17, 15) is 4.79 Å². The lowest BCUT2D eigenvalue weighted by atomic mass is 9.49. The van der Waals surface area contributed by atoms with Crippen molar-refractivity contribution in [3.05, 3.63) is 58.6 Å². The van der Waals surface area contributed by atoms with Gasteiger partial charge in [0.15, 0.2) is 0 Å². The molecule has 2 N–H and O–H groups in total. The van der Waals surface area contributed by atoms with Crippen LogP contribution in [0.25, 0.3) is 0 Å². The third kappa shape index (κ3) is 4.98. The van der Waals surface area contributed by atoms with Crippen LogP contribution in [-0.4, -0.2) is 68.3 Å². The normalized spacial score (nSPS) is 26.3. The van der Waals surface area contributed by atoms with E-state index in [2.05, 4.69) is 66.3 Å². The fourth-order valence-electron chi connectivity index (χ4n) is 6.96. The van der Waals surface area contributed by atoms with Crippen molar-refractivity contribution in [2.24, 2.45) is 10.8 Å². The SMILES string of the molecule is CC1(C)C(NC(=O)c2ccc(N3CC[C@@H](N4CCNCC4)C3)cc2)C(C)(C)C1Oc1ccc(C#N)c(Cl)c1. The Hall–Kier alpha value is -2.79. The number of anilines is 1. The van der Waals surface area contributed by atoms with Crippen molar-refractivity contribution in [3.63, 3.8) is 0 Å². The number of rotatable bonds is 6. The monoisotopic (exact) mass is 535 g/mol. The summed E-state index contributed by atoms with van der Waals surface area (Å²) in [5, 5.41) is 16.2. The summed E-state index contributed by atoms with van der Waals surface area (Å²) >= 11 is 6.21. The van der Waals surface area contributed by atoms with Crippen molar-refractivity contribution in [1.82, 2.24) is 15.5 Å². The summed E-state index contributed by atoms with van der Waals surface area (Å²) in [5.41, 5.74) is 1.67. The van der Waals surface area contributed by atoms with E-state index in [-0.39, 0.29) is 28.9 Å². The van der Waals surface area contributed by atoms with Gasteiger partial charge >= 0.3 is 0 Å². The lowest BCUT2D eigenvalue weighted by molar-refractivity contribution is -0.164. The van der Waals surface area contributed by atoms with Crippen LogP contribution < -0.4 is 20.3 Å². The highest BCUT2D eigenvalue weighted by atomic mass is 35.5. The van der Waals surface area contributed by atoms with Crippen LogP contribution in [-0.2, 0) is 0 Å². The molecule has 0 unspecified atom stereocenters. The van der Waals surface area contributed by atoms with Crippen LogP contribution in [0.4, 0.5) is 5.69 Å². The van der Waals surface area contributed by atoms with E-state index in [0.29, 0.717) is 27.9 Å². The predicted octanol–water partition coefficient (Wildman–Crippen LogP) is 4.31. The lowest BCUT2D eigenvalue weighted by Crippen LogP contribution is -2.74. The van der Waals surface area contributed by atoms with E-state index in [1.165, 1.54) is 12.1 Å². The van der Waals surface area contributed by atoms with E-state index in [1.54, 1.807) is 18.2 Å². The van der Waals surface area contributed by atoms with E-state index < -0.39 is 0 Å². The third-order valence-electron chi connectivity index (χ3n) is 8.76. The molecule has 2 aromatic rings. The van der Waals surface area contributed by atoms with Gasteiger partial charge in [0.05, 0.1) is 10.6 Å². The van der Waals surface area contributed by atoms with E-state index in [0.717, 1.165) is 39.3 Å². The van der Waals surface area contributed by atoms with Crippen molar-refractivity contribution in [1.29, 1.82) is 5.26 Å². The fourth-order valence-corrected chi connectivity index (χ4v) is 7.17. The molecule has 1 saturated carbocycles. The number of ether oxygens (including phenoxy) is 1. The standard InChI is InChI=1S/C30H38ClN5O2/c1-29(2)27(30(3,4)28(29)38-24-10-7-21(18-32)25(31)17-24)34-26(37)20-5-8-22(9-6-20)36-14-11-23(19-36)35-15-12-33-13-16-35/h5-10,17,23,27-28,33H,11-16,19H2,1-4H3,(H,34,37)/t23-,27?,28?/m1/s1. The summed E-state index contributed by atoms with van der Waals surface area (Å²) in [6, 6.07) is 15.8. The van der Waals surface area contributed by atoms with Gasteiger partial charge in [-0.2, -0.15) is 5.26 Å². The quantitative estimate of drug-likeness (QED) is 0.574. The summed E-state index contributed by atoms with van der Waals surface area (Å²) in [7, 11) is 0. The molecule has 0 radical (unpaired) electrons. The molecule has 1 atom stereocenters. The maximum absolute atomic E-state index is 13.3. The smallest absolute Gasteiger partial charge is 0.251 e. The van der Waals surface area contributed by atoms with Crippen LogP contribution in [0.1, 0.15) is 50.0 Å². The fraction of sp³-hybridized carbons (Fsp3) is 0.533. The molecule has 5 rings (SSSR count). The van der Waals surface area contributed by atoms with Gasteiger partial charge in [0.2, 0.25) is 0 Å². The Morgan fingerprint density at radius 2 is 1.76 bits per heavy atom. The first-order valence-electron chi connectivity index (χ1n) is 13.6. The molecule has 1 amide bonds. The molecular weight excluding hydrogens is 498 g/mol. The topological polar surface area (TPSA) is 80.6 Å². The van der Waals surface area contributed by atoms with Gasteiger partial charge in [-0.25, -0.2) is 0 Å². The van der Waals surface area contributed by atoms with Crippen molar-refractivity contribution in [2.45, 2.75) is 52.3 Å². The Morgan fingerprint density at radius 3 is 2.39 bits per heavy atom. The number of piperazine rings is 1. The average molecular weight is 536 g/mol. The van der Waals surface area contributed by atoms with Gasteiger partial charge in [-0.1, -0.05) is 39.3 Å². The second kappa shape index (κ2) is 10.4. The maximum atomic E-state index is 13.3. The van der Waals surface area contributed by atoms with Crippen molar-refractivity contribution in [3.8, 4) is 11.8 Å². The zero-order valence-corrected chi connectivity index (χ0v) is 23.5. The number of halogens is 1. The first-order valence-corrected chi connectivity index (χ1v) is 14.0. The second-order valence-corrected chi connectivity index (χ2v) is 12.4. The predicted molar refractivity (Wildman–Crippen MR) is 151 cm³/mol. The van der Waals surface area contributed by atoms with Crippen LogP contribution >= 0.6 is 11.6 Å². The average Bonchev–Trinajstić information content (AvgIpc) is 3.41. The van der Waals surface area contributed by atoms with Crippen LogP contribution in [0, 0.1) is 22.2 Å². The summed E-state index contributed by atoms with van der Waals surface area (Å²) < 4.78 is 6.35. The number of hydrogen-bond acceptors (Lipinski definition) is 6. The molecule has 2 saturated heterocycles. The van der Waals surface area contributed by atoms with Crippen LogP contribution in [0.15, 0.2) is 42.5 Å². The molecule has 3 aliphatic rings. The summed E-state index contributed by atoms with van der Waals surface area (Å²) in [6.07, 6.45) is 1.05. The number of amides is 1. The van der Waals surface area contributed by atoms with Gasteiger partial charge in [-0.3, -0.25) is 9.69 Å².